The van der Waals surface area contributed by atoms with Gasteiger partial charge in [-0.25, -0.2) is 4.39 Å². The first kappa shape index (κ1) is 13.6. The zero-order valence-electron chi connectivity index (χ0n) is 8.18. The van der Waals surface area contributed by atoms with Crippen LogP contribution in [0.3, 0.4) is 0 Å². The second-order valence-corrected chi connectivity index (χ2v) is 6.65. The van der Waals surface area contributed by atoms with Crippen molar-refractivity contribution in [1.29, 1.82) is 0 Å². The van der Waals surface area contributed by atoms with Crippen molar-refractivity contribution in [2.75, 3.05) is 0 Å². The average molecular weight is 374 g/mol. The summed E-state index contributed by atoms with van der Waals surface area (Å²) >= 11 is 22.7. The van der Waals surface area contributed by atoms with E-state index in [1.165, 1.54) is 17.4 Å². The molecule has 1 atom stereocenters. The molecule has 1 heterocycles. The highest BCUT2D eigenvalue weighted by Gasteiger charge is 2.21. The quantitative estimate of drug-likeness (QED) is 0.542. The molecule has 0 aliphatic heterocycles. The van der Waals surface area contributed by atoms with Gasteiger partial charge in [-0.2, -0.15) is 0 Å². The highest BCUT2D eigenvalue weighted by atomic mass is 79.9. The second kappa shape index (κ2) is 5.45. The SMILES string of the molecule is Fc1cccc(Cl)c1C(Cl)c1cc(Br)c(Cl)s1. The van der Waals surface area contributed by atoms with Crippen LogP contribution >= 0.6 is 62.1 Å². The maximum Gasteiger partial charge on any atom is 0.129 e. The van der Waals surface area contributed by atoms with Crippen molar-refractivity contribution in [1.82, 2.24) is 0 Å². The van der Waals surface area contributed by atoms with E-state index in [0.717, 1.165) is 9.35 Å². The fraction of sp³-hybridized carbons (Fsp3) is 0.0909. The molecule has 0 fully saturated rings. The topological polar surface area (TPSA) is 0 Å². The molecule has 1 unspecified atom stereocenters. The summed E-state index contributed by atoms with van der Waals surface area (Å²) in [6.45, 7) is 0. The molecule has 17 heavy (non-hydrogen) atoms. The van der Waals surface area contributed by atoms with Gasteiger partial charge in [-0.1, -0.05) is 29.3 Å². The van der Waals surface area contributed by atoms with E-state index in [9.17, 15) is 4.39 Å². The number of hydrogen-bond acceptors (Lipinski definition) is 1. The van der Waals surface area contributed by atoms with E-state index in [-0.39, 0.29) is 5.56 Å². The Balaban J connectivity index is 2.47. The third kappa shape index (κ3) is 2.79. The first-order valence-corrected chi connectivity index (χ1v) is 7.33. The van der Waals surface area contributed by atoms with Gasteiger partial charge in [0.05, 0.1) is 5.38 Å². The van der Waals surface area contributed by atoms with Crippen molar-refractivity contribution in [2.24, 2.45) is 0 Å². The predicted octanol–water partition coefficient (Wildman–Crippen LogP) is 6.28. The van der Waals surface area contributed by atoms with Gasteiger partial charge in [0, 0.05) is 19.9 Å². The van der Waals surface area contributed by atoms with Gasteiger partial charge in [-0.05, 0) is 34.1 Å². The molecule has 0 saturated heterocycles. The highest BCUT2D eigenvalue weighted by molar-refractivity contribution is 9.10. The first-order valence-electron chi connectivity index (χ1n) is 4.53. The average Bonchev–Trinajstić information content (AvgIpc) is 2.59. The molecular formula is C11H5BrCl3FS. The van der Waals surface area contributed by atoms with Crippen molar-refractivity contribution in [2.45, 2.75) is 5.38 Å². The molecule has 0 radical (unpaired) electrons. The minimum Gasteiger partial charge on any atom is -0.207 e. The van der Waals surface area contributed by atoms with Gasteiger partial charge >= 0.3 is 0 Å². The van der Waals surface area contributed by atoms with Crippen molar-refractivity contribution in [3.8, 4) is 0 Å². The number of hydrogen-bond donors (Lipinski definition) is 0. The molecule has 0 amide bonds. The Kier molecular flexibility index (Phi) is 4.37. The summed E-state index contributed by atoms with van der Waals surface area (Å²) in [6, 6.07) is 6.26. The van der Waals surface area contributed by atoms with Gasteiger partial charge in [0.25, 0.3) is 0 Å². The molecule has 6 heteroatoms. The van der Waals surface area contributed by atoms with Crippen LogP contribution in [0.4, 0.5) is 4.39 Å². The molecule has 0 bridgehead atoms. The molecule has 0 N–H and O–H groups in total. The standard InChI is InChI=1S/C11H5BrCl3FS/c12-5-4-8(17-11(5)15)10(14)9-6(13)2-1-3-7(9)16/h1-4,10H. The molecule has 0 aliphatic rings. The lowest BCUT2D eigenvalue weighted by Gasteiger charge is -2.10. The van der Waals surface area contributed by atoms with Gasteiger partial charge < -0.3 is 0 Å². The second-order valence-electron chi connectivity index (χ2n) is 3.27. The number of alkyl halides is 1. The third-order valence-corrected chi connectivity index (χ3v) is 5.62. The number of rotatable bonds is 2. The molecule has 1 aromatic heterocycles. The van der Waals surface area contributed by atoms with Crippen molar-refractivity contribution < 1.29 is 4.39 Å². The van der Waals surface area contributed by atoms with Gasteiger partial charge in [0.1, 0.15) is 10.2 Å². The summed E-state index contributed by atoms with van der Waals surface area (Å²) in [5.74, 6) is -0.418. The van der Waals surface area contributed by atoms with Gasteiger partial charge in [-0.15, -0.1) is 22.9 Å². The monoisotopic (exact) mass is 372 g/mol. The maximum absolute atomic E-state index is 13.7. The van der Waals surface area contributed by atoms with Crippen LogP contribution in [-0.2, 0) is 0 Å². The zero-order chi connectivity index (χ0) is 12.6. The lowest BCUT2D eigenvalue weighted by atomic mass is 10.1. The van der Waals surface area contributed by atoms with E-state index in [1.807, 2.05) is 0 Å². The Hall–Kier alpha value is 0.200. The minimum atomic E-state index is -0.641. The summed E-state index contributed by atoms with van der Waals surface area (Å²) < 4.78 is 15.0. The number of thiophene rings is 1. The molecule has 0 saturated carbocycles. The van der Waals surface area contributed by atoms with Crippen molar-refractivity contribution >= 4 is 62.1 Å². The van der Waals surface area contributed by atoms with Crippen LogP contribution in [-0.4, -0.2) is 0 Å². The Morgan fingerprint density at radius 1 is 1.29 bits per heavy atom. The van der Waals surface area contributed by atoms with Crippen LogP contribution in [0, 0.1) is 5.82 Å². The molecule has 2 aromatic rings. The molecular weight excluding hydrogens is 369 g/mol. The summed E-state index contributed by atoms with van der Waals surface area (Å²) in [5, 5.41) is -0.330. The Labute approximate surface area is 125 Å². The highest BCUT2D eigenvalue weighted by Crippen LogP contribution is 2.42. The molecule has 90 valence electrons. The molecule has 1 aromatic carbocycles. The molecule has 0 spiro atoms. The summed E-state index contributed by atoms with van der Waals surface area (Å²) in [7, 11) is 0. The smallest absolute Gasteiger partial charge is 0.129 e. The molecule has 2 rings (SSSR count). The summed E-state index contributed by atoms with van der Waals surface area (Å²) in [5.41, 5.74) is 0.279. The van der Waals surface area contributed by atoms with E-state index in [1.54, 1.807) is 18.2 Å². The van der Waals surface area contributed by atoms with Crippen LogP contribution in [0.1, 0.15) is 15.8 Å². The number of halogens is 5. The summed E-state index contributed by atoms with van der Waals surface area (Å²) in [6.07, 6.45) is 0. The summed E-state index contributed by atoms with van der Waals surface area (Å²) in [4.78, 5) is 0.746. The van der Waals surface area contributed by atoms with E-state index >= 15 is 0 Å². The van der Waals surface area contributed by atoms with E-state index in [2.05, 4.69) is 15.9 Å². The largest absolute Gasteiger partial charge is 0.207 e. The Morgan fingerprint density at radius 2 is 2.00 bits per heavy atom. The van der Waals surface area contributed by atoms with Crippen LogP contribution < -0.4 is 0 Å². The molecule has 0 nitrogen and oxygen atoms in total. The fourth-order valence-electron chi connectivity index (χ4n) is 1.38. The minimum absolute atomic E-state index is 0.279. The maximum atomic E-state index is 13.7. The van der Waals surface area contributed by atoms with Crippen LogP contribution in [0.15, 0.2) is 28.7 Å². The Morgan fingerprint density at radius 3 is 2.53 bits per heavy atom. The molecule has 0 aliphatic carbocycles. The van der Waals surface area contributed by atoms with Crippen LogP contribution in [0.5, 0.6) is 0 Å². The lowest BCUT2D eigenvalue weighted by Crippen LogP contribution is -1.95. The van der Waals surface area contributed by atoms with Crippen molar-refractivity contribution in [3.63, 3.8) is 0 Å². The first-order chi connectivity index (χ1) is 8.00. The zero-order valence-corrected chi connectivity index (χ0v) is 12.9. The van der Waals surface area contributed by atoms with E-state index < -0.39 is 11.2 Å². The van der Waals surface area contributed by atoms with E-state index in [4.69, 9.17) is 34.8 Å². The predicted molar refractivity (Wildman–Crippen MR) is 76.1 cm³/mol. The fourth-order valence-corrected chi connectivity index (χ4v) is 3.85. The van der Waals surface area contributed by atoms with Crippen LogP contribution in [0.2, 0.25) is 9.36 Å². The van der Waals surface area contributed by atoms with Gasteiger partial charge in [0.15, 0.2) is 0 Å². The van der Waals surface area contributed by atoms with Crippen LogP contribution in [0.25, 0.3) is 0 Å². The lowest BCUT2D eigenvalue weighted by molar-refractivity contribution is 0.613. The third-order valence-electron chi connectivity index (χ3n) is 2.17. The van der Waals surface area contributed by atoms with E-state index in [0.29, 0.717) is 9.36 Å². The van der Waals surface area contributed by atoms with Crippen molar-refractivity contribution in [3.05, 3.63) is 54.4 Å². The normalized spacial score (nSPS) is 12.8. The van der Waals surface area contributed by atoms with Gasteiger partial charge in [0.2, 0.25) is 0 Å². The van der Waals surface area contributed by atoms with Gasteiger partial charge in [-0.3, -0.25) is 0 Å². The Bertz CT molecular complexity index is 516. The number of benzene rings is 1.